The number of benzene rings is 1. The van der Waals surface area contributed by atoms with Crippen LogP contribution in [0.2, 0.25) is 5.02 Å². The van der Waals surface area contributed by atoms with Crippen LogP contribution in [-0.4, -0.2) is 16.2 Å². The van der Waals surface area contributed by atoms with E-state index in [1.54, 1.807) is 6.92 Å². The first kappa shape index (κ1) is 14.4. The van der Waals surface area contributed by atoms with E-state index in [0.29, 0.717) is 22.2 Å². The van der Waals surface area contributed by atoms with Crippen molar-refractivity contribution in [2.75, 3.05) is 0 Å². The fourth-order valence-corrected chi connectivity index (χ4v) is 2.52. The molecule has 2 rings (SSSR count). The minimum atomic E-state index is 0.453. The summed E-state index contributed by atoms with van der Waals surface area (Å²) in [7, 11) is 0. The van der Waals surface area contributed by atoms with Crippen LogP contribution >= 0.6 is 23.4 Å². The zero-order chi connectivity index (χ0) is 13.8. The summed E-state index contributed by atoms with van der Waals surface area (Å²) in [4.78, 5) is 0.915. The molecule has 0 bridgehead atoms. The summed E-state index contributed by atoms with van der Waals surface area (Å²) >= 11 is 7.64. The van der Waals surface area contributed by atoms with E-state index in [9.17, 15) is 0 Å². The lowest BCUT2D eigenvalue weighted by atomic mass is 10.2. The Bertz CT molecular complexity index is 557. The molecule has 0 aliphatic rings. The van der Waals surface area contributed by atoms with E-state index in [0.717, 1.165) is 17.0 Å². The molecule has 1 aromatic carbocycles. The molecule has 1 aromatic heterocycles. The van der Waals surface area contributed by atoms with Gasteiger partial charge in [0.25, 0.3) is 5.22 Å². The Morgan fingerprint density at radius 3 is 2.74 bits per heavy atom. The molecule has 1 heterocycles. The van der Waals surface area contributed by atoms with Crippen LogP contribution in [0.5, 0.6) is 0 Å². The largest absolute Gasteiger partial charge is 0.416 e. The van der Waals surface area contributed by atoms with Gasteiger partial charge < -0.3 is 9.73 Å². The van der Waals surface area contributed by atoms with Crippen LogP contribution in [0.1, 0.15) is 25.3 Å². The van der Waals surface area contributed by atoms with Crippen molar-refractivity contribution >= 4 is 23.4 Å². The second kappa shape index (κ2) is 6.41. The normalized spacial score (nSPS) is 11.2. The van der Waals surface area contributed by atoms with Crippen molar-refractivity contribution in [2.24, 2.45) is 0 Å². The van der Waals surface area contributed by atoms with Gasteiger partial charge in [-0.05, 0) is 29.5 Å². The molecule has 0 saturated carbocycles. The number of aromatic nitrogens is 2. The van der Waals surface area contributed by atoms with Crippen molar-refractivity contribution in [1.82, 2.24) is 15.5 Å². The summed E-state index contributed by atoms with van der Waals surface area (Å²) in [5, 5.41) is 12.3. The van der Waals surface area contributed by atoms with Gasteiger partial charge in [-0.1, -0.05) is 31.5 Å². The fraction of sp³-hybridized carbons (Fsp3) is 0.385. The van der Waals surface area contributed by atoms with Crippen LogP contribution < -0.4 is 5.32 Å². The maximum atomic E-state index is 6.26. The van der Waals surface area contributed by atoms with Crippen molar-refractivity contribution in [2.45, 2.75) is 43.5 Å². The molecule has 102 valence electrons. The molecule has 19 heavy (non-hydrogen) atoms. The monoisotopic (exact) mass is 297 g/mol. The summed E-state index contributed by atoms with van der Waals surface area (Å²) in [6, 6.07) is 6.44. The highest BCUT2D eigenvalue weighted by molar-refractivity contribution is 7.99. The molecule has 0 unspecified atom stereocenters. The SMILES string of the molecule is Cc1nnc(Sc2ccc(CNC(C)C)cc2Cl)o1. The van der Waals surface area contributed by atoms with Crippen molar-refractivity contribution in [3.05, 3.63) is 34.7 Å². The van der Waals surface area contributed by atoms with E-state index in [-0.39, 0.29) is 0 Å². The predicted octanol–water partition coefficient (Wildman–Crippen LogP) is 3.68. The second-order valence-corrected chi connectivity index (χ2v) is 5.89. The van der Waals surface area contributed by atoms with E-state index in [2.05, 4.69) is 29.4 Å². The molecule has 0 fully saturated rings. The lowest BCUT2D eigenvalue weighted by Gasteiger charge is -2.09. The quantitative estimate of drug-likeness (QED) is 0.912. The Balaban J connectivity index is 2.06. The van der Waals surface area contributed by atoms with Gasteiger partial charge in [0.2, 0.25) is 5.89 Å². The summed E-state index contributed by atoms with van der Waals surface area (Å²) in [6.45, 7) is 6.80. The molecule has 0 aliphatic carbocycles. The molecule has 0 amide bonds. The van der Waals surface area contributed by atoms with Crippen molar-refractivity contribution < 1.29 is 4.42 Å². The van der Waals surface area contributed by atoms with Gasteiger partial charge in [0.1, 0.15) is 0 Å². The van der Waals surface area contributed by atoms with Crippen molar-refractivity contribution in [3.8, 4) is 0 Å². The van der Waals surface area contributed by atoms with Crippen LogP contribution in [0, 0.1) is 6.92 Å². The van der Waals surface area contributed by atoms with Gasteiger partial charge in [0.05, 0.1) is 5.02 Å². The Kier molecular flexibility index (Phi) is 4.85. The molecule has 2 aromatic rings. The Labute approximate surface area is 121 Å². The van der Waals surface area contributed by atoms with E-state index in [1.165, 1.54) is 11.8 Å². The highest BCUT2D eigenvalue weighted by Crippen LogP contribution is 2.32. The highest BCUT2D eigenvalue weighted by atomic mass is 35.5. The van der Waals surface area contributed by atoms with E-state index < -0.39 is 0 Å². The summed E-state index contributed by atoms with van der Waals surface area (Å²) < 4.78 is 5.32. The van der Waals surface area contributed by atoms with Crippen molar-refractivity contribution in [3.63, 3.8) is 0 Å². The first-order valence-electron chi connectivity index (χ1n) is 6.04. The Morgan fingerprint density at radius 1 is 1.37 bits per heavy atom. The van der Waals surface area contributed by atoms with Crippen LogP contribution in [0.3, 0.4) is 0 Å². The minimum absolute atomic E-state index is 0.453. The van der Waals surface area contributed by atoms with Gasteiger partial charge in [-0.15, -0.1) is 10.2 Å². The van der Waals surface area contributed by atoms with Crippen LogP contribution in [0.25, 0.3) is 0 Å². The third-order valence-electron chi connectivity index (χ3n) is 2.42. The number of halogens is 1. The third-order valence-corrected chi connectivity index (χ3v) is 3.76. The van der Waals surface area contributed by atoms with E-state index >= 15 is 0 Å². The molecule has 4 nitrogen and oxygen atoms in total. The topological polar surface area (TPSA) is 51.0 Å². The smallest absolute Gasteiger partial charge is 0.281 e. The van der Waals surface area contributed by atoms with Gasteiger partial charge >= 0.3 is 0 Å². The van der Waals surface area contributed by atoms with Gasteiger partial charge in [-0.2, -0.15) is 0 Å². The standard InChI is InChI=1S/C13H16ClN3OS/c1-8(2)15-7-10-4-5-12(11(14)6-10)19-13-17-16-9(3)18-13/h4-6,8,15H,7H2,1-3H3. The van der Waals surface area contributed by atoms with Crippen LogP contribution in [-0.2, 0) is 6.54 Å². The molecule has 0 radical (unpaired) electrons. The van der Waals surface area contributed by atoms with Crippen molar-refractivity contribution in [1.29, 1.82) is 0 Å². The second-order valence-electron chi connectivity index (χ2n) is 4.49. The van der Waals surface area contributed by atoms with Gasteiger partial charge in [-0.25, -0.2) is 0 Å². The Morgan fingerprint density at radius 2 is 2.16 bits per heavy atom. The van der Waals surface area contributed by atoms with E-state index in [4.69, 9.17) is 16.0 Å². The van der Waals surface area contributed by atoms with E-state index in [1.807, 2.05) is 18.2 Å². The van der Waals surface area contributed by atoms with Gasteiger partial charge in [-0.3, -0.25) is 0 Å². The van der Waals surface area contributed by atoms with Crippen LogP contribution in [0.4, 0.5) is 0 Å². The number of hydrogen-bond acceptors (Lipinski definition) is 5. The molecular weight excluding hydrogens is 282 g/mol. The average Bonchev–Trinajstić information content (AvgIpc) is 2.75. The molecule has 0 atom stereocenters. The predicted molar refractivity (Wildman–Crippen MR) is 76.6 cm³/mol. The number of nitrogens with one attached hydrogen (secondary N) is 1. The molecule has 6 heteroatoms. The third kappa shape index (κ3) is 4.23. The van der Waals surface area contributed by atoms with Gasteiger partial charge in [0.15, 0.2) is 0 Å². The summed E-state index contributed by atoms with van der Waals surface area (Å²) in [5.41, 5.74) is 1.16. The number of aryl methyl sites for hydroxylation is 1. The number of rotatable bonds is 5. The summed E-state index contributed by atoms with van der Waals surface area (Å²) in [5.74, 6) is 0.552. The average molecular weight is 298 g/mol. The zero-order valence-corrected chi connectivity index (χ0v) is 12.7. The highest BCUT2D eigenvalue weighted by Gasteiger charge is 2.09. The summed E-state index contributed by atoms with van der Waals surface area (Å²) in [6.07, 6.45) is 0. The molecule has 0 spiro atoms. The molecular formula is C13H16ClN3OS. The number of nitrogens with zero attached hydrogens (tertiary/aromatic N) is 2. The Hall–Kier alpha value is -1.04. The zero-order valence-electron chi connectivity index (χ0n) is 11.1. The lowest BCUT2D eigenvalue weighted by Crippen LogP contribution is -2.21. The molecule has 1 N–H and O–H groups in total. The number of hydrogen-bond donors (Lipinski definition) is 1. The van der Waals surface area contributed by atoms with Gasteiger partial charge in [0, 0.05) is 24.4 Å². The van der Waals surface area contributed by atoms with Crippen LogP contribution in [0.15, 0.2) is 32.7 Å². The fourth-order valence-electron chi connectivity index (χ4n) is 1.47. The lowest BCUT2D eigenvalue weighted by molar-refractivity contribution is 0.429. The first-order valence-corrected chi connectivity index (χ1v) is 7.24. The maximum absolute atomic E-state index is 6.26. The maximum Gasteiger partial charge on any atom is 0.281 e. The molecule has 0 saturated heterocycles. The minimum Gasteiger partial charge on any atom is -0.416 e. The molecule has 0 aliphatic heterocycles. The first-order chi connectivity index (χ1) is 9.04.